The van der Waals surface area contributed by atoms with Crippen LogP contribution in [0.25, 0.3) is 0 Å². The third kappa shape index (κ3) is 2.26. The fourth-order valence-corrected chi connectivity index (χ4v) is 3.77. The van der Waals surface area contributed by atoms with E-state index >= 15 is 0 Å². The van der Waals surface area contributed by atoms with Crippen LogP contribution in [0.15, 0.2) is 0 Å². The third-order valence-corrected chi connectivity index (χ3v) is 5.61. The van der Waals surface area contributed by atoms with Crippen molar-refractivity contribution in [3.05, 3.63) is 0 Å². The van der Waals surface area contributed by atoms with Crippen LogP contribution >= 0.6 is 12.2 Å². The van der Waals surface area contributed by atoms with Crippen LogP contribution in [-0.2, 0) is 9.59 Å². The second-order valence-electron chi connectivity index (χ2n) is 6.40. The van der Waals surface area contributed by atoms with E-state index in [-0.39, 0.29) is 16.8 Å². The average Bonchev–Trinajstić information content (AvgIpc) is 2.58. The third-order valence-electron chi connectivity index (χ3n) is 5.17. The lowest BCUT2D eigenvalue weighted by Gasteiger charge is -2.37. The van der Waals surface area contributed by atoms with Gasteiger partial charge in [0, 0.05) is 6.42 Å². The maximum Gasteiger partial charge on any atom is 0.236 e. The molecule has 1 heterocycles. The van der Waals surface area contributed by atoms with Gasteiger partial charge < -0.3 is 5.73 Å². The summed E-state index contributed by atoms with van der Waals surface area (Å²) in [5.74, 6) is -0.143. The first-order valence-corrected chi connectivity index (χ1v) is 7.95. The van der Waals surface area contributed by atoms with Gasteiger partial charge in [0.2, 0.25) is 11.8 Å². The minimum atomic E-state index is -0.820. The highest BCUT2D eigenvalue weighted by Crippen LogP contribution is 2.46. The smallest absolute Gasteiger partial charge is 0.236 e. The van der Waals surface area contributed by atoms with Gasteiger partial charge in [-0.3, -0.25) is 14.5 Å². The molecule has 0 aromatic rings. The highest BCUT2D eigenvalue weighted by atomic mass is 32.1. The summed E-state index contributed by atoms with van der Waals surface area (Å²) in [5.41, 5.74) is 4.52. The van der Waals surface area contributed by atoms with E-state index in [1.54, 1.807) is 6.92 Å². The predicted octanol–water partition coefficient (Wildman–Crippen LogP) is 2.54. The quantitative estimate of drug-likeness (QED) is 0.642. The van der Waals surface area contributed by atoms with Crippen molar-refractivity contribution in [2.45, 2.75) is 70.8 Å². The number of carbonyl (C=O) groups is 2. The Balaban J connectivity index is 2.35. The van der Waals surface area contributed by atoms with E-state index < -0.39 is 11.0 Å². The van der Waals surface area contributed by atoms with Crippen LogP contribution in [0, 0.1) is 5.41 Å². The van der Waals surface area contributed by atoms with Crippen molar-refractivity contribution in [3.8, 4) is 0 Å². The van der Waals surface area contributed by atoms with Crippen molar-refractivity contribution in [1.29, 1.82) is 0 Å². The molecule has 2 N–H and O–H groups in total. The molecule has 0 aromatic heterocycles. The number of likely N-dealkylation sites (tertiary alicyclic amines) is 1. The number of amides is 2. The molecule has 2 aliphatic rings. The lowest BCUT2D eigenvalue weighted by molar-refractivity contribution is -0.146. The van der Waals surface area contributed by atoms with Gasteiger partial charge in [-0.25, -0.2) is 0 Å². The molecule has 1 spiro atoms. The number of rotatable bonds is 3. The van der Waals surface area contributed by atoms with Crippen molar-refractivity contribution in [2.24, 2.45) is 11.1 Å². The van der Waals surface area contributed by atoms with Gasteiger partial charge in [0.1, 0.15) is 0 Å². The van der Waals surface area contributed by atoms with Crippen molar-refractivity contribution in [1.82, 2.24) is 4.90 Å². The van der Waals surface area contributed by atoms with E-state index in [0.717, 1.165) is 38.5 Å². The number of nitrogens with two attached hydrogens (primary N) is 1. The first-order valence-electron chi connectivity index (χ1n) is 7.55. The van der Waals surface area contributed by atoms with Gasteiger partial charge in [-0.2, -0.15) is 0 Å². The summed E-state index contributed by atoms with van der Waals surface area (Å²) < 4.78 is 0. The van der Waals surface area contributed by atoms with Gasteiger partial charge in [-0.15, -0.1) is 0 Å². The van der Waals surface area contributed by atoms with Crippen LogP contribution in [0.4, 0.5) is 0 Å². The maximum atomic E-state index is 12.9. The Morgan fingerprint density at radius 2 is 1.85 bits per heavy atom. The fraction of sp³-hybridized carbons (Fsp3) is 0.800. The molecule has 20 heavy (non-hydrogen) atoms. The Morgan fingerprint density at radius 1 is 1.30 bits per heavy atom. The zero-order chi connectivity index (χ0) is 15.0. The molecule has 2 fully saturated rings. The molecule has 0 bridgehead atoms. The molecule has 0 radical (unpaired) electrons. The van der Waals surface area contributed by atoms with Crippen molar-refractivity contribution in [2.75, 3.05) is 0 Å². The molecule has 1 atom stereocenters. The van der Waals surface area contributed by atoms with Crippen LogP contribution < -0.4 is 5.73 Å². The summed E-state index contributed by atoms with van der Waals surface area (Å²) in [6, 6.07) is 0. The molecular weight excluding hydrogens is 272 g/mol. The van der Waals surface area contributed by atoms with Crippen molar-refractivity contribution < 1.29 is 9.59 Å². The highest BCUT2D eigenvalue weighted by Gasteiger charge is 2.56. The van der Waals surface area contributed by atoms with Crippen LogP contribution in [0.1, 0.15) is 65.2 Å². The topological polar surface area (TPSA) is 63.4 Å². The van der Waals surface area contributed by atoms with Crippen LogP contribution in [-0.4, -0.2) is 27.2 Å². The summed E-state index contributed by atoms with van der Waals surface area (Å²) in [6.07, 6.45) is 6.93. The van der Waals surface area contributed by atoms with Crippen molar-refractivity contribution >= 4 is 29.0 Å². The number of carbonyl (C=O) groups excluding carboxylic acids is 2. The maximum absolute atomic E-state index is 12.9. The molecule has 1 saturated heterocycles. The van der Waals surface area contributed by atoms with Gasteiger partial charge in [0.25, 0.3) is 0 Å². The number of imide groups is 1. The minimum absolute atomic E-state index is 0.0402. The Bertz CT molecular complexity index is 441. The summed E-state index contributed by atoms with van der Waals surface area (Å²) in [7, 11) is 0. The number of hydrogen-bond donors (Lipinski definition) is 1. The van der Waals surface area contributed by atoms with Crippen molar-refractivity contribution in [3.63, 3.8) is 0 Å². The summed E-state index contributed by atoms with van der Waals surface area (Å²) >= 11 is 5.12. The molecule has 5 heteroatoms. The Kier molecular flexibility index (Phi) is 4.19. The van der Waals surface area contributed by atoms with E-state index in [2.05, 4.69) is 0 Å². The number of nitrogens with zero attached hydrogens (tertiary/aromatic N) is 1. The molecule has 0 aromatic carbocycles. The second-order valence-corrected chi connectivity index (χ2v) is 6.84. The molecule has 1 saturated carbocycles. The second kappa shape index (κ2) is 5.43. The molecule has 2 rings (SSSR count). The fourth-order valence-electron chi connectivity index (χ4n) is 3.53. The van der Waals surface area contributed by atoms with Gasteiger partial charge in [0.05, 0.1) is 15.9 Å². The minimum Gasteiger partial charge on any atom is -0.391 e. The SMILES string of the molecule is CCC(C)(C(N)=S)N1C(=O)CC2(CCCCCC2)C1=O. The molecule has 1 aliphatic carbocycles. The first kappa shape index (κ1) is 15.4. The standard InChI is InChI=1S/C15H24N2O2S/c1-3-14(2,12(16)20)17-11(18)10-15(13(17)19)8-6-4-5-7-9-15/h3-10H2,1-2H3,(H2,16,20). The van der Waals surface area contributed by atoms with Gasteiger partial charge >= 0.3 is 0 Å². The Labute approximate surface area is 126 Å². The zero-order valence-electron chi connectivity index (χ0n) is 12.4. The van der Waals surface area contributed by atoms with Gasteiger partial charge in [0.15, 0.2) is 0 Å². The summed E-state index contributed by atoms with van der Waals surface area (Å²) in [6.45, 7) is 3.72. The zero-order valence-corrected chi connectivity index (χ0v) is 13.2. The Hall–Kier alpha value is -0.970. The van der Waals surface area contributed by atoms with E-state index in [4.69, 9.17) is 18.0 Å². The predicted molar refractivity (Wildman–Crippen MR) is 82.1 cm³/mol. The largest absolute Gasteiger partial charge is 0.391 e. The van der Waals surface area contributed by atoms with Crippen LogP contribution in [0.3, 0.4) is 0 Å². The van der Waals surface area contributed by atoms with Gasteiger partial charge in [-0.05, 0) is 26.2 Å². The first-order chi connectivity index (χ1) is 9.37. The van der Waals surface area contributed by atoms with E-state index in [1.165, 1.54) is 4.90 Å². The van der Waals surface area contributed by atoms with Crippen LogP contribution in [0.2, 0.25) is 0 Å². The number of thiocarbonyl (C=S) groups is 1. The molecule has 4 nitrogen and oxygen atoms in total. The van der Waals surface area contributed by atoms with Crippen LogP contribution in [0.5, 0.6) is 0 Å². The molecule has 112 valence electrons. The lowest BCUT2D eigenvalue weighted by Crippen LogP contribution is -2.57. The average molecular weight is 296 g/mol. The normalized spacial score (nSPS) is 25.6. The summed E-state index contributed by atoms with van der Waals surface area (Å²) in [5, 5.41) is 0. The molecule has 2 amide bonds. The van der Waals surface area contributed by atoms with E-state index in [0.29, 0.717) is 12.8 Å². The molecule has 1 unspecified atom stereocenters. The summed E-state index contributed by atoms with van der Waals surface area (Å²) in [4.78, 5) is 27.0. The lowest BCUT2D eigenvalue weighted by atomic mass is 9.78. The van der Waals surface area contributed by atoms with E-state index in [9.17, 15) is 9.59 Å². The molecular formula is C15H24N2O2S. The molecule has 1 aliphatic heterocycles. The van der Waals surface area contributed by atoms with E-state index in [1.807, 2.05) is 6.92 Å². The Morgan fingerprint density at radius 3 is 2.30 bits per heavy atom. The number of hydrogen-bond acceptors (Lipinski definition) is 3. The highest BCUT2D eigenvalue weighted by molar-refractivity contribution is 7.80. The van der Waals surface area contributed by atoms with Gasteiger partial charge in [-0.1, -0.05) is 44.8 Å². The monoisotopic (exact) mass is 296 g/mol.